The van der Waals surface area contributed by atoms with Gasteiger partial charge in [0.2, 0.25) is 0 Å². The third-order valence-electron chi connectivity index (χ3n) is 6.61. The molecule has 0 radical (unpaired) electrons. The number of fused-ring (bicyclic) bond motifs is 2. The summed E-state index contributed by atoms with van der Waals surface area (Å²) in [5.41, 5.74) is 1.54. The first kappa shape index (κ1) is 23.6. The van der Waals surface area contributed by atoms with Crippen LogP contribution in [0.2, 0.25) is 18.6 Å². The average molecular weight is 663 g/mol. The van der Waals surface area contributed by atoms with E-state index < -0.39 is 13.9 Å². The molecule has 166 valence electrons. The van der Waals surface area contributed by atoms with Gasteiger partial charge in [0, 0.05) is 30.8 Å². The fourth-order valence-corrected chi connectivity index (χ4v) is 8.83. The summed E-state index contributed by atoms with van der Waals surface area (Å²) in [7, 11) is -2.66. The van der Waals surface area contributed by atoms with Crippen LogP contribution in [0.25, 0.3) is 0 Å². The Labute approximate surface area is 211 Å². The van der Waals surface area contributed by atoms with E-state index in [1.54, 1.807) is 0 Å². The molecule has 5 nitrogen and oxygen atoms in total. The number of benzene rings is 2. The number of amides is 1. The molecule has 8 heteroatoms. The Balaban J connectivity index is 1.82. The summed E-state index contributed by atoms with van der Waals surface area (Å²) in [4.78, 5) is 27.0. The number of anilines is 1. The Kier molecular flexibility index (Phi) is 6.61. The molecule has 0 unspecified atom stereocenters. The summed E-state index contributed by atoms with van der Waals surface area (Å²) in [6.45, 7) is 6.27. The molecule has 2 aliphatic heterocycles. The Hall–Kier alpha value is -0.533. The predicted octanol–water partition coefficient (Wildman–Crippen LogP) is 4.62. The highest BCUT2D eigenvalue weighted by atomic mass is 127. The van der Waals surface area contributed by atoms with Crippen LogP contribution in [0.15, 0.2) is 42.5 Å². The fourth-order valence-electron chi connectivity index (χ4n) is 5.38. The zero-order chi connectivity index (χ0) is 22.6. The summed E-state index contributed by atoms with van der Waals surface area (Å²) >= 11 is 4.54. The van der Waals surface area contributed by atoms with Gasteiger partial charge in [0.1, 0.15) is 0 Å². The molecule has 0 bridgehead atoms. The van der Waals surface area contributed by atoms with Gasteiger partial charge in [-0.2, -0.15) is 0 Å². The van der Waals surface area contributed by atoms with Crippen molar-refractivity contribution in [1.82, 2.24) is 0 Å². The molecule has 31 heavy (non-hydrogen) atoms. The number of ether oxygens (including phenoxy) is 1. The Bertz CT molecular complexity index is 994. The third-order valence-corrected chi connectivity index (χ3v) is 10.5. The number of aliphatic hydroxyl groups is 1. The second-order valence-electron chi connectivity index (χ2n) is 9.05. The molecule has 4 atom stereocenters. The van der Waals surface area contributed by atoms with Gasteiger partial charge >= 0.3 is 0 Å². The van der Waals surface area contributed by atoms with Crippen molar-refractivity contribution in [2.75, 3.05) is 11.5 Å². The second kappa shape index (κ2) is 8.67. The number of aliphatic hydroxyl groups excluding tert-OH is 1. The molecule has 1 fully saturated rings. The van der Waals surface area contributed by atoms with Crippen LogP contribution in [0.4, 0.5) is 5.69 Å². The zero-order valence-electron chi connectivity index (χ0n) is 17.8. The Morgan fingerprint density at radius 1 is 1.13 bits per heavy atom. The molecule has 4 rings (SSSR count). The van der Waals surface area contributed by atoms with Crippen LogP contribution in [-0.4, -0.2) is 36.8 Å². The van der Waals surface area contributed by atoms with Crippen LogP contribution < -0.4 is 4.90 Å². The molecular formula is C23H27I2NO4Si. The summed E-state index contributed by atoms with van der Waals surface area (Å²) in [6, 6.07) is 14.2. The van der Waals surface area contributed by atoms with Crippen molar-refractivity contribution >= 4 is 65.1 Å². The zero-order valence-corrected chi connectivity index (χ0v) is 23.1. The van der Waals surface area contributed by atoms with Crippen molar-refractivity contribution in [2.24, 2.45) is 5.92 Å². The van der Waals surface area contributed by atoms with Gasteiger partial charge in [0.25, 0.3) is 5.91 Å². The standard InChI is InChI=1S/C23H27I2NO4Si/c1-14-21(31(2,3)29)20(10-11-27)30-23(14)18-12-17(25)8-9-19(18)26(22(23)28)13-15-4-6-16(24)7-5-15/h4-9,12,14,20-21,27,29H,10-11,13H2,1-3H3/t14-,20+,21-,23+/m1/s1. The smallest absolute Gasteiger partial charge is 0.264 e. The average Bonchev–Trinajstić information content (AvgIpc) is 3.11. The van der Waals surface area contributed by atoms with Crippen molar-refractivity contribution in [2.45, 2.75) is 50.2 Å². The molecular weight excluding hydrogens is 636 g/mol. The molecule has 0 saturated carbocycles. The second-order valence-corrected chi connectivity index (χ2v) is 15.5. The van der Waals surface area contributed by atoms with Gasteiger partial charge in [0.15, 0.2) is 13.9 Å². The highest BCUT2D eigenvalue weighted by Gasteiger charge is 2.66. The summed E-state index contributed by atoms with van der Waals surface area (Å²) in [6.07, 6.45) is 0.0665. The molecule has 0 aliphatic carbocycles. The van der Waals surface area contributed by atoms with Crippen LogP contribution in [0.1, 0.15) is 24.5 Å². The molecule has 1 amide bonds. The fraction of sp³-hybridized carbons (Fsp3) is 0.435. The van der Waals surface area contributed by atoms with Crippen molar-refractivity contribution in [1.29, 1.82) is 0 Å². The molecule has 2 N–H and O–H groups in total. The van der Waals surface area contributed by atoms with E-state index in [1.807, 2.05) is 67.4 Å². The number of rotatable bonds is 5. The Morgan fingerprint density at radius 3 is 2.39 bits per heavy atom. The topological polar surface area (TPSA) is 70.0 Å². The van der Waals surface area contributed by atoms with Crippen molar-refractivity contribution in [3.8, 4) is 0 Å². The maximum absolute atomic E-state index is 14.1. The molecule has 2 aliphatic rings. The minimum atomic E-state index is -2.66. The Morgan fingerprint density at radius 2 is 1.77 bits per heavy atom. The number of carbonyl (C=O) groups excluding carboxylic acids is 1. The lowest BCUT2D eigenvalue weighted by Gasteiger charge is -2.32. The number of hydrogen-bond acceptors (Lipinski definition) is 4. The molecule has 2 aromatic rings. The minimum absolute atomic E-state index is 0.0335. The number of nitrogens with zero attached hydrogens (tertiary/aromatic N) is 1. The van der Waals surface area contributed by atoms with Crippen LogP contribution in [0.3, 0.4) is 0 Å². The first-order valence-electron chi connectivity index (χ1n) is 10.5. The van der Waals surface area contributed by atoms with Gasteiger partial charge in [-0.05, 0) is 101 Å². The van der Waals surface area contributed by atoms with E-state index >= 15 is 0 Å². The van der Waals surface area contributed by atoms with Gasteiger partial charge in [-0.25, -0.2) is 0 Å². The summed E-state index contributed by atoms with van der Waals surface area (Å²) in [5, 5.41) is 9.66. The largest absolute Gasteiger partial charge is 0.432 e. The molecule has 0 aromatic heterocycles. The van der Waals surface area contributed by atoms with E-state index in [9.17, 15) is 14.7 Å². The van der Waals surface area contributed by atoms with E-state index in [0.717, 1.165) is 24.0 Å². The van der Waals surface area contributed by atoms with Gasteiger partial charge in [-0.1, -0.05) is 19.1 Å². The van der Waals surface area contributed by atoms with Gasteiger partial charge in [-0.3, -0.25) is 4.79 Å². The predicted molar refractivity (Wildman–Crippen MR) is 140 cm³/mol. The SMILES string of the molecule is C[C@@H]1[C@@H]([Si](C)(C)O)[C@H](CCO)O[C@@]12C(=O)N(Cc1ccc(I)cc1)c1ccc(I)cc12. The van der Waals surface area contributed by atoms with E-state index in [4.69, 9.17) is 4.74 Å². The van der Waals surface area contributed by atoms with Crippen LogP contribution in [-0.2, 0) is 21.7 Å². The van der Waals surface area contributed by atoms with E-state index in [0.29, 0.717) is 13.0 Å². The van der Waals surface area contributed by atoms with Gasteiger partial charge in [0.05, 0.1) is 18.3 Å². The third kappa shape index (κ3) is 4.01. The first-order valence-corrected chi connectivity index (χ1v) is 15.6. The van der Waals surface area contributed by atoms with E-state index in [1.165, 1.54) is 0 Å². The highest BCUT2D eigenvalue weighted by molar-refractivity contribution is 14.1. The lowest BCUT2D eigenvalue weighted by atomic mass is 9.82. The van der Waals surface area contributed by atoms with Crippen molar-refractivity contribution in [3.63, 3.8) is 0 Å². The first-order chi connectivity index (χ1) is 14.6. The quantitative estimate of drug-likeness (QED) is 0.362. The monoisotopic (exact) mass is 663 g/mol. The van der Waals surface area contributed by atoms with Crippen LogP contribution >= 0.6 is 45.2 Å². The van der Waals surface area contributed by atoms with Gasteiger partial charge < -0.3 is 19.5 Å². The summed E-state index contributed by atoms with van der Waals surface area (Å²) in [5.74, 6) is -0.263. The number of hydrogen-bond donors (Lipinski definition) is 2. The molecule has 2 aromatic carbocycles. The summed E-state index contributed by atoms with van der Waals surface area (Å²) < 4.78 is 8.79. The van der Waals surface area contributed by atoms with E-state index in [2.05, 4.69) is 45.2 Å². The van der Waals surface area contributed by atoms with E-state index in [-0.39, 0.29) is 30.1 Å². The van der Waals surface area contributed by atoms with Crippen molar-refractivity contribution < 1.29 is 19.4 Å². The molecule has 2 heterocycles. The van der Waals surface area contributed by atoms with Gasteiger partial charge in [-0.15, -0.1) is 0 Å². The number of halogens is 2. The van der Waals surface area contributed by atoms with Crippen LogP contribution in [0, 0.1) is 13.1 Å². The van der Waals surface area contributed by atoms with Crippen LogP contribution in [0.5, 0.6) is 0 Å². The minimum Gasteiger partial charge on any atom is -0.432 e. The maximum Gasteiger partial charge on any atom is 0.264 e. The lowest BCUT2D eigenvalue weighted by molar-refractivity contribution is -0.146. The normalized spacial score (nSPS) is 27.9. The maximum atomic E-state index is 14.1. The lowest BCUT2D eigenvalue weighted by Crippen LogP contribution is -2.46. The molecule has 1 spiro atoms. The highest BCUT2D eigenvalue weighted by Crippen LogP contribution is 2.59. The number of carbonyl (C=O) groups is 1. The van der Waals surface area contributed by atoms with Crippen molar-refractivity contribution in [3.05, 3.63) is 60.7 Å². The molecule has 1 saturated heterocycles.